The van der Waals surface area contributed by atoms with Crippen LogP contribution in [0.5, 0.6) is 17.2 Å². The summed E-state index contributed by atoms with van der Waals surface area (Å²) in [7, 11) is 1.61. The third-order valence-corrected chi connectivity index (χ3v) is 6.95. The van der Waals surface area contributed by atoms with Crippen molar-refractivity contribution in [1.29, 1.82) is 0 Å². The number of carboxylic acid groups (broad SMARTS) is 1. The van der Waals surface area contributed by atoms with Crippen LogP contribution >= 0.6 is 0 Å². The van der Waals surface area contributed by atoms with Crippen molar-refractivity contribution in [3.63, 3.8) is 0 Å². The maximum Gasteiger partial charge on any atom is 1.00 e. The molecule has 4 aromatic carbocycles. The zero-order valence-electron chi connectivity index (χ0n) is 23.6. The first-order chi connectivity index (χ1) is 20.0. The maximum atomic E-state index is 11.0. The van der Waals surface area contributed by atoms with Crippen LogP contribution in [0.4, 0.5) is 0 Å². The number of ether oxygens (including phenoxy) is 3. The van der Waals surface area contributed by atoms with Crippen molar-refractivity contribution in [3.8, 4) is 28.7 Å². The number of benzene rings is 4. The molecule has 42 heavy (non-hydrogen) atoms. The van der Waals surface area contributed by atoms with Crippen LogP contribution in [-0.4, -0.2) is 29.2 Å². The Kier molecular flexibility index (Phi) is 8.87. The second-order valence-corrected chi connectivity index (χ2v) is 9.58. The molecule has 0 saturated carbocycles. The molecule has 8 nitrogen and oxygen atoms in total. The predicted molar refractivity (Wildman–Crippen MR) is 153 cm³/mol. The van der Waals surface area contributed by atoms with Crippen LogP contribution in [0.3, 0.4) is 0 Å². The molecule has 0 spiro atoms. The molecule has 2 heterocycles. The monoisotopic (exact) mass is 570 g/mol. The summed E-state index contributed by atoms with van der Waals surface area (Å²) in [5.41, 5.74) is 4.56. The minimum atomic E-state index is -1.27. The number of hydrogen-bond acceptors (Lipinski definition) is 7. The van der Waals surface area contributed by atoms with Gasteiger partial charge in [-0.05, 0) is 55.0 Å². The number of oxazole rings is 1. The molecule has 0 aliphatic carbocycles. The van der Waals surface area contributed by atoms with E-state index >= 15 is 0 Å². The maximum absolute atomic E-state index is 11.0. The van der Waals surface area contributed by atoms with E-state index in [2.05, 4.69) is 9.55 Å². The number of hydrogen-bond donors (Lipinski definition) is 0. The van der Waals surface area contributed by atoms with Crippen molar-refractivity contribution >= 4 is 27.8 Å². The van der Waals surface area contributed by atoms with Gasteiger partial charge in [0.05, 0.1) is 18.6 Å². The van der Waals surface area contributed by atoms with Gasteiger partial charge in [0.15, 0.2) is 11.5 Å². The summed E-state index contributed by atoms with van der Waals surface area (Å²) in [6.07, 6.45) is 0. The molecule has 0 amide bonds. The van der Waals surface area contributed by atoms with Crippen LogP contribution in [0.15, 0.2) is 95.4 Å². The Morgan fingerprint density at radius 2 is 1.64 bits per heavy atom. The number of para-hydroxylation sites is 1. The zero-order chi connectivity index (χ0) is 28.3. The van der Waals surface area contributed by atoms with E-state index < -0.39 is 12.6 Å². The van der Waals surface area contributed by atoms with Crippen LogP contribution < -0.4 is 48.9 Å². The van der Waals surface area contributed by atoms with Gasteiger partial charge in [-0.25, -0.2) is 4.98 Å². The topological polar surface area (TPSA) is 98.8 Å². The van der Waals surface area contributed by atoms with E-state index in [1.54, 1.807) is 13.2 Å². The van der Waals surface area contributed by atoms with E-state index in [4.69, 9.17) is 18.6 Å². The summed E-state index contributed by atoms with van der Waals surface area (Å²) in [6, 6.07) is 29.2. The molecule has 6 aromatic rings. The molecule has 0 N–H and O–H groups in total. The van der Waals surface area contributed by atoms with E-state index in [1.807, 2.05) is 91.9 Å². The summed E-state index contributed by atoms with van der Waals surface area (Å²) in [4.78, 5) is 15.7. The van der Waals surface area contributed by atoms with Crippen LogP contribution in [0.25, 0.3) is 33.3 Å². The van der Waals surface area contributed by atoms with Gasteiger partial charge in [-0.2, -0.15) is 0 Å². The first-order valence-electron chi connectivity index (χ1n) is 13.2. The molecular formula is C33H27N2NaO6. The first kappa shape index (κ1) is 29.3. The minimum absolute atomic E-state index is 0. The number of fused-ring (bicyclic) bond motifs is 3. The van der Waals surface area contributed by atoms with Crippen molar-refractivity contribution in [2.75, 3.05) is 13.7 Å². The Morgan fingerprint density at radius 3 is 2.43 bits per heavy atom. The smallest absolute Gasteiger partial charge is 0.546 e. The molecule has 0 saturated heterocycles. The Hall–Kier alpha value is -4.24. The second kappa shape index (κ2) is 12.7. The minimum Gasteiger partial charge on any atom is -0.546 e. The summed E-state index contributed by atoms with van der Waals surface area (Å²) in [5.74, 6) is 1.69. The normalized spacial score (nSPS) is 10.9. The van der Waals surface area contributed by atoms with E-state index in [0.29, 0.717) is 35.4 Å². The number of nitrogens with zero attached hydrogens (tertiary/aromatic N) is 2. The molecule has 0 atom stereocenters. The predicted octanol–water partition coefficient (Wildman–Crippen LogP) is 2.53. The average molecular weight is 571 g/mol. The van der Waals surface area contributed by atoms with Crippen molar-refractivity contribution in [2.45, 2.75) is 20.1 Å². The summed E-state index contributed by atoms with van der Waals surface area (Å²) < 4.78 is 25.4. The van der Waals surface area contributed by atoms with Crippen LogP contribution in [0.1, 0.15) is 17.0 Å². The number of carbonyl (C=O) groups is 1. The Bertz CT molecular complexity index is 1860. The summed E-state index contributed by atoms with van der Waals surface area (Å²) >= 11 is 0. The number of aliphatic carboxylic acids is 1. The zero-order valence-corrected chi connectivity index (χ0v) is 25.6. The van der Waals surface area contributed by atoms with Crippen molar-refractivity contribution in [3.05, 3.63) is 108 Å². The van der Waals surface area contributed by atoms with Gasteiger partial charge in [0, 0.05) is 28.4 Å². The van der Waals surface area contributed by atoms with Crippen LogP contribution in [-0.2, 0) is 17.9 Å². The average Bonchev–Trinajstić information content (AvgIpc) is 3.53. The second-order valence-electron chi connectivity index (χ2n) is 9.58. The number of rotatable bonds is 10. The molecule has 206 valence electrons. The summed E-state index contributed by atoms with van der Waals surface area (Å²) in [6.45, 7) is 2.14. The number of carboxylic acids is 1. The van der Waals surface area contributed by atoms with Gasteiger partial charge in [0.25, 0.3) is 0 Å². The fraction of sp³-hybridized carbons (Fsp3) is 0.152. The van der Waals surface area contributed by atoms with E-state index in [-0.39, 0.29) is 36.2 Å². The van der Waals surface area contributed by atoms with E-state index in [0.717, 1.165) is 38.6 Å². The van der Waals surface area contributed by atoms with Gasteiger partial charge in [-0.15, -0.1) is 0 Å². The third kappa shape index (κ3) is 5.87. The van der Waals surface area contributed by atoms with E-state index in [9.17, 15) is 9.90 Å². The molecular weight excluding hydrogens is 543 g/mol. The van der Waals surface area contributed by atoms with Crippen molar-refractivity contribution in [1.82, 2.24) is 9.55 Å². The molecule has 0 fully saturated rings. The molecule has 6 rings (SSSR count). The number of methoxy groups -OCH3 is 1. The fourth-order valence-corrected chi connectivity index (χ4v) is 5.02. The molecule has 0 unspecified atom stereocenters. The fourth-order valence-electron chi connectivity index (χ4n) is 5.02. The van der Waals surface area contributed by atoms with Crippen molar-refractivity contribution in [2.24, 2.45) is 0 Å². The van der Waals surface area contributed by atoms with Gasteiger partial charge in [-0.1, -0.05) is 48.5 Å². The number of aromatic nitrogens is 2. The molecule has 0 aliphatic rings. The molecule has 0 bridgehead atoms. The molecule has 2 aromatic heterocycles. The quantitative estimate of drug-likeness (QED) is 0.234. The standard InChI is InChI=1S/C33H28N2O6.Na/c1-21-25(34-33(41-21)23-9-4-3-5-10-23)19-39-28-16-15-22(17-30(28)38-2)18-35-26-12-7-6-11-24(26)32-27(35)13-8-14-29(32)40-20-31(36)37;/h3-17H,18-20H2,1-2H3,(H,36,37);/q;+1/p-1. The largest absolute Gasteiger partial charge is 1.00 e. The van der Waals surface area contributed by atoms with E-state index in [1.165, 1.54) is 0 Å². The van der Waals surface area contributed by atoms with Gasteiger partial charge in [0.1, 0.15) is 30.4 Å². The number of aryl methyl sites for hydroxylation is 1. The van der Waals surface area contributed by atoms with Crippen molar-refractivity contribution < 1.29 is 58.1 Å². The number of carbonyl (C=O) groups excluding carboxylic acids is 1. The SMILES string of the molecule is COc1cc(Cn2c3ccccc3c3c(OCC(=O)[O-])cccc32)ccc1OCc1nc(-c2ccccc2)oc1C.[Na+]. The van der Waals surface area contributed by atoms with Crippen LogP contribution in [0, 0.1) is 6.92 Å². The molecule has 9 heteroatoms. The van der Waals surface area contributed by atoms with Crippen LogP contribution in [0.2, 0.25) is 0 Å². The van der Waals surface area contributed by atoms with Gasteiger partial charge in [-0.3, -0.25) is 0 Å². The van der Waals surface area contributed by atoms with Gasteiger partial charge in [0.2, 0.25) is 5.89 Å². The Morgan fingerprint density at radius 1 is 0.881 bits per heavy atom. The third-order valence-electron chi connectivity index (χ3n) is 6.95. The molecule has 0 radical (unpaired) electrons. The summed E-state index contributed by atoms with van der Waals surface area (Å²) in [5, 5.41) is 12.9. The first-order valence-corrected chi connectivity index (χ1v) is 13.2. The molecule has 0 aliphatic heterocycles. The van der Waals surface area contributed by atoms with Gasteiger partial charge < -0.3 is 33.1 Å². The Balaban J connectivity index is 0.00000353. The van der Waals surface area contributed by atoms with Gasteiger partial charge >= 0.3 is 29.6 Å². The Labute approximate surface area is 264 Å².